The summed E-state index contributed by atoms with van der Waals surface area (Å²) in [6.45, 7) is 0. The molecule has 0 saturated heterocycles. The summed E-state index contributed by atoms with van der Waals surface area (Å²) >= 11 is 0. The molecule has 4 bridgehead atoms. The van der Waals surface area contributed by atoms with Crippen LogP contribution >= 0.6 is 0 Å². The Bertz CT molecular complexity index is 597. The summed E-state index contributed by atoms with van der Waals surface area (Å²) in [7, 11) is 0. The average Bonchev–Trinajstić information content (AvgIpc) is 3.43. The Hall–Kier alpha value is -0.240. The predicted molar refractivity (Wildman–Crippen MR) is 103 cm³/mol. The van der Waals surface area contributed by atoms with Gasteiger partial charge < -0.3 is 31.9 Å². The minimum atomic E-state index is -0.633. The Labute approximate surface area is 166 Å². The van der Waals surface area contributed by atoms with E-state index in [0.29, 0.717) is 61.2 Å². The second kappa shape index (κ2) is 5.71. The number of hydrogen-bond acceptors (Lipinski definition) is 6. The van der Waals surface area contributed by atoms with E-state index in [1.807, 2.05) is 0 Å². The smallest absolute Gasteiger partial charge is 0.0805 e. The molecule has 158 valence electrons. The van der Waals surface area contributed by atoms with Crippen molar-refractivity contribution in [3.8, 4) is 0 Å². The minimum absolute atomic E-state index is 0.0990. The van der Waals surface area contributed by atoms with Crippen molar-refractivity contribution in [2.75, 3.05) is 0 Å². The molecule has 0 heterocycles. The Morgan fingerprint density at radius 3 is 1.14 bits per heavy atom. The molecule has 8 N–H and O–H groups in total. The zero-order valence-corrected chi connectivity index (χ0v) is 16.5. The highest BCUT2D eigenvalue weighted by Crippen LogP contribution is 2.71. The lowest BCUT2D eigenvalue weighted by molar-refractivity contribution is -0.0130. The molecule has 28 heavy (non-hydrogen) atoms. The Morgan fingerprint density at radius 2 is 0.857 bits per heavy atom. The number of aliphatic hydroxyl groups excluding tert-OH is 4. The van der Waals surface area contributed by atoms with Crippen LogP contribution < -0.4 is 11.5 Å². The third-order valence-electron chi connectivity index (χ3n) is 10.9. The maximum Gasteiger partial charge on any atom is 0.0805 e. The zero-order valence-electron chi connectivity index (χ0n) is 16.5. The van der Waals surface area contributed by atoms with E-state index in [9.17, 15) is 20.4 Å². The highest BCUT2D eigenvalue weighted by Gasteiger charge is 2.70. The lowest BCUT2D eigenvalue weighted by Crippen LogP contribution is -2.53. The van der Waals surface area contributed by atoms with E-state index >= 15 is 0 Å². The molecule has 0 amide bonds. The number of nitrogens with two attached hydrogens (primary N) is 2. The van der Waals surface area contributed by atoms with E-state index in [2.05, 4.69) is 0 Å². The van der Waals surface area contributed by atoms with Crippen molar-refractivity contribution in [2.24, 2.45) is 57.8 Å². The summed E-state index contributed by atoms with van der Waals surface area (Å²) in [5.41, 5.74) is 13.2. The average molecular weight is 393 g/mol. The molecular formula is C22H36N2O4. The van der Waals surface area contributed by atoms with E-state index in [4.69, 9.17) is 11.5 Å². The summed E-state index contributed by atoms with van der Waals surface area (Å²) in [5, 5.41) is 41.2. The van der Waals surface area contributed by atoms with E-state index in [1.54, 1.807) is 0 Å². The summed E-state index contributed by atoms with van der Waals surface area (Å²) < 4.78 is 0. The molecule has 6 nitrogen and oxygen atoms in total. The second-order valence-electron chi connectivity index (χ2n) is 11.6. The van der Waals surface area contributed by atoms with Crippen LogP contribution in [0.2, 0.25) is 0 Å². The van der Waals surface area contributed by atoms with E-state index < -0.39 is 24.4 Å². The molecule has 0 aliphatic heterocycles. The fourth-order valence-electron chi connectivity index (χ4n) is 9.93. The van der Waals surface area contributed by atoms with E-state index in [-0.39, 0.29) is 22.9 Å². The molecule has 6 aliphatic carbocycles. The van der Waals surface area contributed by atoms with Crippen molar-refractivity contribution in [3.63, 3.8) is 0 Å². The molecule has 6 saturated carbocycles. The van der Waals surface area contributed by atoms with Crippen LogP contribution in [0.4, 0.5) is 0 Å². The van der Waals surface area contributed by atoms with Crippen LogP contribution in [0.5, 0.6) is 0 Å². The van der Waals surface area contributed by atoms with Gasteiger partial charge in [0.2, 0.25) is 0 Å². The van der Waals surface area contributed by atoms with Gasteiger partial charge in [0.15, 0.2) is 0 Å². The topological polar surface area (TPSA) is 133 Å². The summed E-state index contributed by atoms with van der Waals surface area (Å²) in [4.78, 5) is 0. The summed E-state index contributed by atoms with van der Waals surface area (Å²) in [5.74, 6) is 3.20. The first-order valence-electron chi connectivity index (χ1n) is 11.5. The van der Waals surface area contributed by atoms with Gasteiger partial charge in [0.05, 0.1) is 24.4 Å². The van der Waals surface area contributed by atoms with Gasteiger partial charge in [-0.2, -0.15) is 0 Å². The lowest BCUT2D eigenvalue weighted by Gasteiger charge is -2.51. The summed E-state index contributed by atoms with van der Waals surface area (Å²) in [6.07, 6.45) is 4.69. The van der Waals surface area contributed by atoms with Crippen LogP contribution in [-0.2, 0) is 0 Å². The van der Waals surface area contributed by atoms with Crippen LogP contribution in [0.1, 0.15) is 51.4 Å². The molecule has 0 aromatic carbocycles. The monoisotopic (exact) mass is 392 g/mol. The van der Waals surface area contributed by atoms with Gasteiger partial charge in [-0.1, -0.05) is 0 Å². The highest BCUT2D eigenvalue weighted by atomic mass is 16.3. The van der Waals surface area contributed by atoms with Crippen molar-refractivity contribution in [1.82, 2.24) is 0 Å². The molecular weight excluding hydrogens is 356 g/mol. The third-order valence-corrected chi connectivity index (χ3v) is 10.9. The first-order valence-corrected chi connectivity index (χ1v) is 11.5. The van der Waals surface area contributed by atoms with E-state index in [0.717, 1.165) is 12.8 Å². The predicted octanol–water partition coefficient (Wildman–Crippen LogP) is -0.0430. The van der Waals surface area contributed by atoms with Crippen LogP contribution in [0.15, 0.2) is 0 Å². The fourth-order valence-corrected chi connectivity index (χ4v) is 9.93. The van der Waals surface area contributed by atoms with Crippen molar-refractivity contribution in [1.29, 1.82) is 0 Å². The molecule has 6 fully saturated rings. The van der Waals surface area contributed by atoms with Gasteiger partial charge in [-0.15, -0.1) is 0 Å². The number of fused-ring (bicyclic) bond motifs is 6. The molecule has 2 spiro atoms. The van der Waals surface area contributed by atoms with E-state index in [1.165, 1.54) is 12.8 Å². The second-order valence-corrected chi connectivity index (χ2v) is 11.6. The van der Waals surface area contributed by atoms with Crippen molar-refractivity contribution < 1.29 is 20.4 Å². The summed E-state index contributed by atoms with van der Waals surface area (Å²) in [6, 6.07) is 0.205. The minimum Gasteiger partial charge on any atom is -0.390 e. The van der Waals surface area contributed by atoms with Gasteiger partial charge in [0, 0.05) is 12.1 Å². The SMILES string of the molecule is NC1C2CC(C3C[C@H]4C[C@@H]3C3(CC(O)[C@@H](O)C3)[C@H]4N)C(C2)C12CC(O)[C@H](O)C2. The van der Waals surface area contributed by atoms with Gasteiger partial charge in [-0.25, -0.2) is 0 Å². The van der Waals surface area contributed by atoms with Gasteiger partial charge >= 0.3 is 0 Å². The molecule has 0 aromatic rings. The molecule has 0 radical (unpaired) electrons. The molecule has 6 rings (SSSR count). The van der Waals surface area contributed by atoms with Gasteiger partial charge in [0.1, 0.15) is 0 Å². The molecule has 0 aromatic heterocycles. The van der Waals surface area contributed by atoms with Crippen LogP contribution in [-0.4, -0.2) is 56.9 Å². The third kappa shape index (κ3) is 2.05. The number of rotatable bonds is 1. The molecule has 14 atom stereocenters. The molecule has 9 unspecified atom stereocenters. The molecule has 6 aliphatic rings. The number of aliphatic hydroxyl groups is 4. The zero-order chi connectivity index (χ0) is 19.6. The highest BCUT2D eigenvalue weighted by molar-refractivity contribution is 5.21. The van der Waals surface area contributed by atoms with Crippen LogP contribution in [0.3, 0.4) is 0 Å². The van der Waals surface area contributed by atoms with Gasteiger partial charge in [0.25, 0.3) is 0 Å². The van der Waals surface area contributed by atoms with Crippen molar-refractivity contribution in [2.45, 2.75) is 87.9 Å². The van der Waals surface area contributed by atoms with Crippen molar-refractivity contribution in [3.05, 3.63) is 0 Å². The normalized spacial score (nSPS) is 67.5. The van der Waals surface area contributed by atoms with Crippen LogP contribution in [0.25, 0.3) is 0 Å². The fraction of sp³-hybridized carbons (Fsp3) is 1.00. The standard InChI is InChI=1S/C22H36N2O4/c23-19-9-1-11(13(3-9)21(19)5-15(25)16(26)6-21)12-2-10-4-14(12)22(20(10)24)7-17(27)18(28)8-22/h9-20,25-28H,1-8,23-24H2/t9-,10?,11?,12?,13-,14?,15-,16?,17+,18?,19-,20?,21?,22?/m0/s1. The Kier molecular flexibility index (Phi) is 3.78. The maximum atomic E-state index is 10.3. The van der Waals surface area contributed by atoms with Gasteiger partial charge in [-0.3, -0.25) is 0 Å². The Balaban J connectivity index is 1.31. The van der Waals surface area contributed by atoms with Crippen molar-refractivity contribution >= 4 is 0 Å². The largest absolute Gasteiger partial charge is 0.390 e. The van der Waals surface area contributed by atoms with Gasteiger partial charge in [-0.05, 0) is 97.7 Å². The first kappa shape index (κ1) is 18.5. The molecule has 6 heteroatoms. The lowest BCUT2D eigenvalue weighted by atomic mass is 9.55. The maximum absolute atomic E-state index is 10.3. The quantitative estimate of drug-likeness (QED) is 0.371. The number of hydrogen-bond donors (Lipinski definition) is 6. The Morgan fingerprint density at radius 1 is 0.536 bits per heavy atom. The van der Waals surface area contributed by atoms with Crippen LogP contribution in [0, 0.1) is 46.3 Å². The first-order chi connectivity index (χ1) is 13.3.